The van der Waals surface area contributed by atoms with Crippen molar-refractivity contribution in [3.05, 3.63) is 54.6 Å². The molecule has 2 aromatic heterocycles. The summed E-state index contributed by atoms with van der Waals surface area (Å²) in [4.78, 5) is 22.3. The van der Waals surface area contributed by atoms with Crippen molar-refractivity contribution in [3.8, 4) is 5.75 Å². The van der Waals surface area contributed by atoms with Gasteiger partial charge in [-0.3, -0.25) is 14.8 Å². The lowest BCUT2D eigenvalue weighted by Crippen LogP contribution is -2.40. The molecule has 0 radical (unpaired) electrons. The molecule has 0 saturated carbocycles. The fourth-order valence-electron chi connectivity index (χ4n) is 2.32. The van der Waals surface area contributed by atoms with Crippen LogP contribution >= 0.6 is 0 Å². The molecular weight excluding hydrogens is 282 g/mol. The maximum atomic E-state index is 12.5. The van der Waals surface area contributed by atoms with E-state index >= 15 is 0 Å². The van der Waals surface area contributed by atoms with E-state index in [1.54, 1.807) is 41.8 Å². The molecule has 1 unspecified atom stereocenters. The second-order valence-corrected chi connectivity index (χ2v) is 5.00. The molecule has 1 amide bonds. The van der Waals surface area contributed by atoms with E-state index in [0.717, 1.165) is 0 Å². The topological polar surface area (TPSA) is 64.6 Å². The van der Waals surface area contributed by atoms with Crippen LogP contribution in [0.2, 0.25) is 0 Å². The quantitative estimate of drug-likeness (QED) is 0.857. The Morgan fingerprint density at radius 3 is 2.77 bits per heavy atom. The van der Waals surface area contributed by atoms with Crippen LogP contribution in [0.3, 0.4) is 0 Å². The second-order valence-electron chi connectivity index (χ2n) is 5.00. The van der Waals surface area contributed by atoms with Gasteiger partial charge in [0.25, 0.3) is 5.91 Å². The highest BCUT2D eigenvalue weighted by atomic mass is 16.5. The Hall–Kier alpha value is -2.47. The molecule has 1 aliphatic heterocycles. The van der Waals surface area contributed by atoms with Crippen LogP contribution in [0.5, 0.6) is 5.75 Å². The zero-order chi connectivity index (χ0) is 15.2. The van der Waals surface area contributed by atoms with E-state index in [2.05, 4.69) is 9.97 Å². The van der Waals surface area contributed by atoms with Crippen molar-refractivity contribution < 1.29 is 14.3 Å². The van der Waals surface area contributed by atoms with E-state index in [1.165, 1.54) is 0 Å². The van der Waals surface area contributed by atoms with Gasteiger partial charge in [-0.25, -0.2) is 0 Å². The summed E-state index contributed by atoms with van der Waals surface area (Å²) in [6, 6.07) is 7.17. The van der Waals surface area contributed by atoms with Gasteiger partial charge in [0, 0.05) is 25.1 Å². The van der Waals surface area contributed by atoms with E-state index in [9.17, 15) is 4.79 Å². The van der Waals surface area contributed by atoms with E-state index in [4.69, 9.17) is 9.47 Å². The first-order chi connectivity index (χ1) is 10.8. The summed E-state index contributed by atoms with van der Waals surface area (Å²) in [6.07, 6.45) is 6.35. The number of ether oxygens (including phenoxy) is 2. The largest absolute Gasteiger partial charge is 0.485 e. The van der Waals surface area contributed by atoms with Crippen molar-refractivity contribution >= 4 is 5.91 Å². The highest BCUT2D eigenvalue weighted by Gasteiger charge is 2.24. The first-order valence-electron chi connectivity index (χ1n) is 7.16. The van der Waals surface area contributed by atoms with Crippen molar-refractivity contribution in [2.75, 3.05) is 26.3 Å². The number of carbonyl (C=O) groups is 1. The Labute approximate surface area is 128 Å². The number of pyridine rings is 2. The summed E-state index contributed by atoms with van der Waals surface area (Å²) >= 11 is 0. The molecule has 1 fully saturated rings. The SMILES string of the molecule is O=C(c1cccnc1)N1CCOCC(Oc2cccnc2)C1. The Morgan fingerprint density at radius 2 is 2.05 bits per heavy atom. The van der Waals surface area contributed by atoms with Crippen LogP contribution in [0.25, 0.3) is 0 Å². The predicted octanol–water partition coefficient (Wildman–Crippen LogP) is 1.40. The van der Waals surface area contributed by atoms with Gasteiger partial charge in [-0.05, 0) is 24.3 Å². The smallest absolute Gasteiger partial charge is 0.255 e. The lowest BCUT2D eigenvalue weighted by Gasteiger charge is -2.24. The molecule has 1 saturated heterocycles. The fourth-order valence-corrected chi connectivity index (χ4v) is 2.32. The minimum absolute atomic E-state index is 0.0570. The van der Waals surface area contributed by atoms with Crippen LogP contribution in [0.15, 0.2) is 49.1 Å². The molecule has 114 valence electrons. The van der Waals surface area contributed by atoms with Gasteiger partial charge in [-0.15, -0.1) is 0 Å². The minimum Gasteiger partial charge on any atom is -0.485 e. The van der Waals surface area contributed by atoms with E-state index in [0.29, 0.717) is 37.6 Å². The summed E-state index contributed by atoms with van der Waals surface area (Å²) in [7, 11) is 0. The Morgan fingerprint density at radius 1 is 1.23 bits per heavy atom. The number of carbonyl (C=O) groups excluding carboxylic acids is 1. The molecule has 6 nitrogen and oxygen atoms in total. The summed E-state index contributed by atoms with van der Waals surface area (Å²) in [5.41, 5.74) is 0.574. The lowest BCUT2D eigenvalue weighted by atomic mass is 10.2. The van der Waals surface area contributed by atoms with Crippen molar-refractivity contribution in [2.45, 2.75) is 6.10 Å². The molecule has 3 rings (SSSR count). The van der Waals surface area contributed by atoms with Gasteiger partial charge in [-0.2, -0.15) is 0 Å². The fraction of sp³-hybridized carbons (Fsp3) is 0.312. The molecule has 0 aliphatic carbocycles. The normalized spacial score (nSPS) is 18.5. The van der Waals surface area contributed by atoms with Crippen LogP contribution in [-0.4, -0.2) is 53.2 Å². The number of amides is 1. The Bertz CT molecular complexity index is 607. The predicted molar refractivity (Wildman–Crippen MR) is 79.6 cm³/mol. The number of aromatic nitrogens is 2. The molecule has 0 aromatic carbocycles. The average Bonchev–Trinajstić information content (AvgIpc) is 2.81. The second kappa shape index (κ2) is 7.00. The van der Waals surface area contributed by atoms with Gasteiger partial charge in [-0.1, -0.05) is 0 Å². The zero-order valence-electron chi connectivity index (χ0n) is 12.1. The molecule has 3 heterocycles. The maximum absolute atomic E-state index is 12.5. The van der Waals surface area contributed by atoms with Gasteiger partial charge in [0.1, 0.15) is 11.9 Å². The van der Waals surface area contributed by atoms with Crippen molar-refractivity contribution in [1.29, 1.82) is 0 Å². The molecule has 0 N–H and O–H groups in total. The number of rotatable bonds is 3. The third kappa shape index (κ3) is 3.59. The van der Waals surface area contributed by atoms with Gasteiger partial charge in [0.15, 0.2) is 0 Å². The van der Waals surface area contributed by atoms with Crippen LogP contribution < -0.4 is 4.74 Å². The molecule has 0 bridgehead atoms. The summed E-state index contributed by atoms with van der Waals surface area (Å²) in [6.45, 7) is 1.97. The maximum Gasteiger partial charge on any atom is 0.255 e. The van der Waals surface area contributed by atoms with Gasteiger partial charge < -0.3 is 14.4 Å². The first-order valence-corrected chi connectivity index (χ1v) is 7.16. The van der Waals surface area contributed by atoms with Crippen molar-refractivity contribution in [1.82, 2.24) is 14.9 Å². The number of hydrogen-bond acceptors (Lipinski definition) is 5. The minimum atomic E-state index is -0.215. The van der Waals surface area contributed by atoms with Gasteiger partial charge in [0.05, 0.1) is 31.5 Å². The van der Waals surface area contributed by atoms with Gasteiger partial charge >= 0.3 is 0 Å². The van der Waals surface area contributed by atoms with Gasteiger partial charge in [0.2, 0.25) is 0 Å². The zero-order valence-corrected chi connectivity index (χ0v) is 12.1. The third-order valence-corrected chi connectivity index (χ3v) is 3.37. The highest BCUT2D eigenvalue weighted by molar-refractivity contribution is 5.93. The Balaban J connectivity index is 1.69. The Kier molecular flexibility index (Phi) is 4.60. The molecule has 6 heteroatoms. The molecule has 1 aliphatic rings. The molecule has 0 spiro atoms. The van der Waals surface area contributed by atoms with E-state index in [1.807, 2.05) is 12.1 Å². The van der Waals surface area contributed by atoms with E-state index < -0.39 is 0 Å². The molecule has 2 aromatic rings. The summed E-state index contributed by atoms with van der Waals surface area (Å²) in [5, 5.41) is 0. The third-order valence-electron chi connectivity index (χ3n) is 3.37. The van der Waals surface area contributed by atoms with Crippen molar-refractivity contribution in [3.63, 3.8) is 0 Å². The molecule has 22 heavy (non-hydrogen) atoms. The van der Waals surface area contributed by atoms with Crippen LogP contribution in [0.1, 0.15) is 10.4 Å². The molecular formula is C16H17N3O3. The first kappa shape index (κ1) is 14.5. The monoisotopic (exact) mass is 299 g/mol. The lowest BCUT2D eigenvalue weighted by molar-refractivity contribution is 0.0650. The van der Waals surface area contributed by atoms with Crippen molar-refractivity contribution in [2.24, 2.45) is 0 Å². The highest BCUT2D eigenvalue weighted by Crippen LogP contribution is 2.13. The van der Waals surface area contributed by atoms with E-state index in [-0.39, 0.29) is 12.0 Å². The van der Waals surface area contributed by atoms with Crippen LogP contribution in [-0.2, 0) is 4.74 Å². The van der Waals surface area contributed by atoms with Crippen LogP contribution in [0, 0.1) is 0 Å². The number of hydrogen-bond donors (Lipinski definition) is 0. The summed E-state index contributed by atoms with van der Waals surface area (Å²) in [5.74, 6) is 0.616. The average molecular weight is 299 g/mol. The standard InChI is InChI=1S/C16H17N3O3/c20-16(13-3-1-5-17-9-13)19-7-8-21-12-15(11-19)22-14-4-2-6-18-10-14/h1-6,9-10,15H,7-8,11-12H2. The molecule has 1 atom stereocenters. The number of nitrogens with zero attached hydrogens (tertiary/aromatic N) is 3. The summed E-state index contributed by atoms with van der Waals surface area (Å²) < 4.78 is 11.4. The van der Waals surface area contributed by atoms with Crippen LogP contribution in [0.4, 0.5) is 0 Å².